The summed E-state index contributed by atoms with van der Waals surface area (Å²) in [5, 5.41) is 0. The first-order chi connectivity index (χ1) is 7.72. The molecule has 0 atom stereocenters. The third-order valence-corrected chi connectivity index (χ3v) is 4.23. The molecular weight excluding hydrogens is 192 g/mol. The summed E-state index contributed by atoms with van der Waals surface area (Å²) in [6.45, 7) is 4.55. The summed E-state index contributed by atoms with van der Waals surface area (Å²) in [7, 11) is 0. The van der Waals surface area contributed by atoms with Crippen LogP contribution in [0.25, 0.3) is 0 Å². The van der Waals surface area contributed by atoms with Gasteiger partial charge in [-0.15, -0.1) is 0 Å². The Labute approximate surface area is 98.4 Å². The highest BCUT2D eigenvalue weighted by molar-refractivity contribution is 5.43. The van der Waals surface area contributed by atoms with Crippen LogP contribution in [0.15, 0.2) is 45.6 Å². The van der Waals surface area contributed by atoms with Crippen molar-refractivity contribution in [2.24, 2.45) is 0 Å². The van der Waals surface area contributed by atoms with E-state index in [4.69, 9.17) is 0 Å². The second-order valence-electron chi connectivity index (χ2n) is 5.63. The highest BCUT2D eigenvalue weighted by atomic mass is 14.3. The first-order valence-corrected chi connectivity index (χ1v) is 6.43. The highest BCUT2D eigenvalue weighted by Crippen LogP contribution is 2.42. The molecule has 0 bridgehead atoms. The molecule has 0 aliphatic heterocycles. The lowest BCUT2D eigenvalue weighted by Gasteiger charge is -2.30. The predicted molar refractivity (Wildman–Crippen MR) is 69.3 cm³/mol. The summed E-state index contributed by atoms with van der Waals surface area (Å²) in [6.07, 6.45) is 12.3. The van der Waals surface area contributed by atoms with Crippen LogP contribution in [0, 0.1) is 0 Å². The topological polar surface area (TPSA) is 0 Å². The molecular formula is C16H20. The molecule has 0 amide bonds. The first-order valence-electron chi connectivity index (χ1n) is 6.43. The van der Waals surface area contributed by atoms with Gasteiger partial charge in [0, 0.05) is 0 Å². The van der Waals surface area contributed by atoms with Crippen molar-refractivity contribution in [2.75, 3.05) is 0 Å². The lowest BCUT2D eigenvalue weighted by atomic mass is 9.75. The maximum atomic E-state index is 2.43. The van der Waals surface area contributed by atoms with E-state index in [0.717, 1.165) is 0 Å². The summed E-state index contributed by atoms with van der Waals surface area (Å²) < 4.78 is 0. The molecule has 0 spiro atoms. The number of hydrogen-bond donors (Lipinski definition) is 0. The van der Waals surface area contributed by atoms with Crippen molar-refractivity contribution in [2.45, 2.75) is 52.4 Å². The maximum absolute atomic E-state index is 2.43. The van der Waals surface area contributed by atoms with Crippen molar-refractivity contribution in [3.8, 4) is 0 Å². The highest BCUT2D eigenvalue weighted by Gasteiger charge is 2.23. The molecule has 0 unspecified atom stereocenters. The summed E-state index contributed by atoms with van der Waals surface area (Å²) in [6, 6.07) is 0. The second-order valence-corrected chi connectivity index (χ2v) is 5.63. The quantitative estimate of drug-likeness (QED) is 0.503. The Bertz CT molecular complexity index is 408. The van der Waals surface area contributed by atoms with Crippen LogP contribution in [0.2, 0.25) is 0 Å². The normalized spacial score (nSPS) is 24.9. The van der Waals surface area contributed by atoms with Gasteiger partial charge in [0.15, 0.2) is 0 Å². The average molecular weight is 212 g/mol. The third kappa shape index (κ3) is 1.71. The molecule has 16 heavy (non-hydrogen) atoms. The predicted octanol–water partition coefficient (Wildman–Crippen LogP) is 4.85. The SMILES string of the molecule is CC1=CCC2=C(C1)CC1=C(CC(C)=CC1)C2. The van der Waals surface area contributed by atoms with Crippen LogP contribution in [-0.4, -0.2) is 0 Å². The van der Waals surface area contributed by atoms with Gasteiger partial charge in [-0.1, -0.05) is 45.6 Å². The minimum atomic E-state index is 1.22. The molecule has 0 aromatic heterocycles. The fourth-order valence-electron chi connectivity index (χ4n) is 3.24. The second kappa shape index (κ2) is 3.76. The molecule has 3 aliphatic carbocycles. The van der Waals surface area contributed by atoms with Crippen LogP contribution in [0.1, 0.15) is 52.4 Å². The Kier molecular flexibility index (Phi) is 2.38. The first kappa shape index (κ1) is 10.1. The maximum Gasteiger partial charge on any atom is -0.00963 e. The molecule has 3 aliphatic rings. The van der Waals surface area contributed by atoms with Crippen molar-refractivity contribution in [1.82, 2.24) is 0 Å². The van der Waals surface area contributed by atoms with Gasteiger partial charge >= 0.3 is 0 Å². The van der Waals surface area contributed by atoms with E-state index in [2.05, 4.69) is 26.0 Å². The van der Waals surface area contributed by atoms with Crippen LogP contribution in [-0.2, 0) is 0 Å². The van der Waals surface area contributed by atoms with Crippen molar-refractivity contribution in [3.05, 3.63) is 45.6 Å². The lowest BCUT2D eigenvalue weighted by Crippen LogP contribution is -2.11. The minimum Gasteiger partial charge on any atom is -0.0812 e. The van der Waals surface area contributed by atoms with Crippen molar-refractivity contribution >= 4 is 0 Å². The van der Waals surface area contributed by atoms with E-state index in [9.17, 15) is 0 Å². The van der Waals surface area contributed by atoms with Gasteiger partial charge in [0.25, 0.3) is 0 Å². The van der Waals surface area contributed by atoms with E-state index in [1.807, 2.05) is 0 Å². The molecule has 0 N–H and O–H groups in total. The van der Waals surface area contributed by atoms with Crippen LogP contribution in [0.4, 0.5) is 0 Å². The number of rotatable bonds is 0. The summed E-state index contributed by atoms with van der Waals surface area (Å²) >= 11 is 0. The Morgan fingerprint density at radius 2 is 1.06 bits per heavy atom. The Hall–Kier alpha value is -1.04. The van der Waals surface area contributed by atoms with E-state index in [1.54, 1.807) is 33.4 Å². The minimum absolute atomic E-state index is 1.22. The lowest BCUT2D eigenvalue weighted by molar-refractivity contribution is 0.776. The van der Waals surface area contributed by atoms with Crippen molar-refractivity contribution in [1.29, 1.82) is 0 Å². The molecule has 0 nitrogen and oxygen atoms in total. The van der Waals surface area contributed by atoms with E-state index in [1.165, 1.54) is 38.5 Å². The molecule has 3 rings (SSSR count). The Morgan fingerprint density at radius 1 is 0.625 bits per heavy atom. The third-order valence-electron chi connectivity index (χ3n) is 4.23. The fourth-order valence-corrected chi connectivity index (χ4v) is 3.24. The van der Waals surface area contributed by atoms with E-state index >= 15 is 0 Å². The van der Waals surface area contributed by atoms with Crippen LogP contribution >= 0.6 is 0 Å². The van der Waals surface area contributed by atoms with E-state index in [0.29, 0.717) is 0 Å². The van der Waals surface area contributed by atoms with Gasteiger partial charge in [0.05, 0.1) is 0 Å². The van der Waals surface area contributed by atoms with Crippen LogP contribution in [0.3, 0.4) is 0 Å². The standard InChI is InChI=1S/C16H20/c1-11-3-5-13-10-16-8-12(2)4-6-14(16)9-15(13)7-11/h3-4H,5-10H2,1-2H3. The largest absolute Gasteiger partial charge is 0.0812 e. The van der Waals surface area contributed by atoms with Crippen molar-refractivity contribution in [3.63, 3.8) is 0 Å². The smallest absolute Gasteiger partial charge is 0.00963 e. The molecule has 0 heterocycles. The van der Waals surface area contributed by atoms with Gasteiger partial charge in [-0.3, -0.25) is 0 Å². The summed E-state index contributed by atoms with van der Waals surface area (Å²) in [4.78, 5) is 0. The van der Waals surface area contributed by atoms with Crippen LogP contribution in [0.5, 0.6) is 0 Å². The number of hydrogen-bond acceptors (Lipinski definition) is 0. The van der Waals surface area contributed by atoms with Gasteiger partial charge in [-0.25, -0.2) is 0 Å². The van der Waals surface area contributed by atoms with E-state index in [-0.39, 0.29) is 0 Å². The molecule has 0 aromatic rings. The molecule has 0 radical (unpaired) electrons. The van der Waals surface area contributed by atoms with Gasteiger partial charge in [0.2, 0.25) is 0 Å². The zero-order valence-electron chi connectivity index (χ0n) is 10.4. The molecule has 0 aromatic carbocycles. The molecule has 0 saturated carbocycles. The van der Waals surface area contributed by atoms with Gasteiger partial charge in [-0.2, -0.15) is 0 Å². The summed E-state index contributed by atoms with van der Waals surface area (Å²) in [5.74, 6) is 0. The number of allylic oxidation sites excluding steroid dienone is 8. The van der Waals surface area contributed by atoms with E-state index < -0.39 is 0 Å². The Morgan fingerprint density at radius 3 is 1.50 bits per heavy atom. The zero-order valence-corrected chi connectivity index (χ0v) is 10.4. The molecule has 0 fully saturated rings. The molecule has 84 valence electrons. The van der Waals surface area contributed by atoms with Gasteiger partial charge in [-0.05, 0) is 52.4 Å². The summed E-state index contributed by atoms with van der Waals surface area (Å²) in [5.41, 5.74) is 10.1. The average Bonchev–Trinajstić information content (AvgIpc) is 2.26. The molecule has 0 heteroatoms. The van der Waals surface area contributed by atoms with Crippen molar-refractivity contribution < 1.29 is 0 Å². The van der Waals surface area contributed by atoms with Crippen LogP contribution < -0.4 is 0 Å². The zero-order chi connectivity index (χ0) is 11.1. The van der Waals surface area contributed by atoms with Gasteiger partial charge in [0.1, 0.15) is 0 Å². The Balaban J connectivity index is 1.82. The fraction of sp³-hybridized carbons (Fsp3) is 0.500. The molecule has 0 saturated heterocycles. The monoisotopic (exact) mass is 212 g/mol. The van der Waals surface area contributed by atoms with Gasteiger partial charge < -0.3 is 0 Å².